The number of hydrogen-bond acceptors (Lipinski definition) is 4. The second kappa shape index (κ2) is 5.81. The molecule has 0 heterocycles. The number of hydrogen-bond donors (Lipinski definition) is 2. The smallest absolute Gasteiger partial charge is 0.332 e. The summed E-state index contributed by atoms with van der Waals surface area (Å²) in [4.78, 5) is 20.8. The molecule has 102 valence electrons. The van der Waals surface area contributed by atoms with Crippen LogP contribution >= 0.6 is 11.6 Å². The molecule has 0 aliphatic heterocycles. The number of amides is 1. The monoisotopic (exact) mass is 307 g/mol. The van der Waals surface area contributed by atoms with E-state index in [1.54, 1.807) is 0 Å². The van der Waals surface area contributed by atoms with Gasteiger partial charge in [0.15, 0.2) is 0 Å². The number of carbonyl (C=O) groups is 2. The number of aliphatic carboxylic acids is 1. The van der Waals surface area contributed by atoms with Crippen molar-refractivity contribution >= 4 is 39.4 Å². The Morgan fingerprint density at radius 1 is 1.32 bits per heavy atom. The molecule has 19 heavy (non-hydrogen) atoms. The van der Waals surface area contributed by atoms with Gasteiger partial charge in [-0.05, 0) is 18.2 Å². The van der Waals surface area contributed by atoms with Crippen molar-refractivity contribution in [2.75, 3.05) is 5.32 Å². The van der Waals surface area contributed by atoms with Gasteiger partial charge in [0.25, 0.3) is 0 Å². The minimum absolute atomic E-state index is 0.0223. The van der Waals surface area contributed by atoms with E-state index in [4.69, 9.17) is 16.7 Å². The Morgan fingerprint density at radius 3 is 2.42 bits per heavy atom. The van der Waals surface area contributed by atoms with Crippen molar-refractivity contribution < 1.29 is 27.0 Å². The van der Waals surface area contributed by atoms with Crippen molar-refractivity contribution in [3.63, 3.8) is 0 Å². The third kappa shape index (κ3) is 4.68. The van der Waals surface area contributed by atoms with E-state index in [1.807, 2.05) is 0 Å². The lowest BCUT2D eigenvalue weighted by Gasteiger charge is -2.05. The zero-order valence-corrected chi connectivity index (χ0v) is 10.7. The Labute approximate surface area is 112 Å². The van der Waals surface area contributed by atoms with Crippen LogP contribution in [0.25, 0.3) is 0 Å². The summed E-state index contributed by atoms with van der Waals surface area (Å²) in [5.41, 5.74) is 0.0223. The first-order valence-electron chi connectivity index (χ1n) is 4.66. The predicted molar refractivity (Wildman–Crippen MR) is 65.2 cm³/mol. The van der Waals surface area contributed by atoms with Gasteiger partial charge in [0.2, 0.25) is 5.91 Å². The van der Waals surface area contributed by atoms with E-state index < -0.39 is 27.0 Å². The van der Waals surface area contributed by atoms with Gasteiger partial charge in [-0.25, -0.2) is 4.79 Å². The van der Waals surface area contributed by atoms with Gasteiger partial charge in [-0.3, -0.25) is 4.79 Å². The molecule has 0 saturated carbocycles. The van der Waals surface area contributed by atoms with Crippen LogP contribution in [0.3, 0.4) is 0 Å². The molecular weight excluding hydrogens is 301 g/mol. The van der Waals surface area contributed by atoms with Gasteiger partial charge >= 0.3 is 16.2 Å². The topological polar surface area (TPSA) is 101 Å². The van der Waals surface area contributed by atoms with Gasteiger partial charge in [-0.15, -0.1) is 3.89 Å². The van der Waals surface area contributed by atoms with Crippen molar-refractivity contribution in [2.45, 2.75) is 4.90 Å². The average Bonchev–Trinajstić information content (AvgIpc) is 2.27. The Balaban J connectivity index is 2.93. The summed E-state index contributed by atoms with van der Waals surface area (Å²) in [6.45, 7) is 0. The number of carboxylic acids is 1. The standard InChI is InChI=1S/C10H7ClFNO5S/c11-7-5-6(19(12,17)18)1-2-8(7)13-9(14)3-4-10(15)16/h1-5H,(H,13,14)(H,15,16)/b4-3+. The molecule has 0 aromatic heterocycles. The van der Waals surface area contributed by atoms with Crippen LogP contribution in [-0.2, 0) is 19.8 Å². The van der Waals surface area contributed by atoms with Gasteiger partial charge < -0.3 is 10.4 Å². The molecule has 1 aromatic carbocycles. The van der Waals surface area contributed by atoms with Crippen molar-refractivity contribution in [1.29, 1.82) is 0 Å². The van der Waals surface area contributed by atoms with E-state index in [-0.39, 0.29) is 10.7 Å². The van der Waals surface area contributed by atoms with E-state index in [0.717, 1.165) is 24.3 Å². The number of nitrogens with one attached hydrogen (secondary N) is 1. The predicted octanol–water partition coefficient (Wildman–Crippen LogP) is 1.58. The summed E-state index contributed by atoms with van der Waals surface area (Å²) in [5.74, 6) is -2.08. The van der Waals surface area contributed by atoms with Gasteiger partial charge in [0, 0.05) is 12.2 Å². The van der Waals surface area contributed by atoms with Crippen LogP contribution in [0.2, 0.25) is 5.02 Å². The molecule has 0 unspecified atom stereocenters. The molecule has 0 fully saturated rings. The molecule has 0 spiro atoms. The second-order valence-electron chi connectivity index (χ2n) is 3.24. The minimum Gasteiger partial charge on any atom is -0.478 e. The molecule has 0 bridgehead atoms. The maximum Gasteiger partial charge on any atom is 0.332 e. The van der Waals surface area contributed by atoms with Gasteiger partial charge in [0.1, 0.15) is 4.90 Å². The molecule has 1 rings (SSSR count). The van der Waals surface area contributed by atoms with Crippen LogP contribution in [-0.4, -0.2) is 25.4 Å². The minimum atomic E-state index is -4.88. The summed E-state index contributed by atoms with van der Waals surface area (Å²) in [6.07, 6.45) is 1.36. The summed E-state index contributed by atoms with van der Waals surface area (Å²) in [6, 6.07) is 2.83. The first-order valence-corrected chi connectivity index (χ1v) is 6.42. The lowest BCUT2D eigenvalue weighted by Crippen LogP contribution is -2.09. The highest BCUT2D eigenvalue weighted by Crippen LogP contribution is 2.26. The lowest BCUT2D eigenvalue weighted by molar-refractivity contribution is -0.131. The van der Waals surface area contributed by atoms with Crippen LogP contribution in [0.1, 0.15) is 0 Å². The highest BCUT2D eigenvalue weighted by molar-refractivity contribution is 7.86. The van der Waals surface area contributed by atoms with E-state index in [9.17, 15) is 21.9 Å². The molecule has 6 nitrogen and oxygen atoms in total. The van der Waals surface area contributed by atoms with Crippen LogP contribution in [0, 0.1) is 0 Å². The fourth-order valence-electron chi connectivity index (χ4n) is 1.07. The highest BCUT2D eigenvalue weighted by Gasteiger charge is 2.14. The fourth-order valence-corrected chi connectivity index (χ4v) is 1.85. The Kier molecular flexibility index (Phi) is 4.62. The van der Waals surface area contributed by atoms with Crippen molar-refractivity contribution in [3.05, 3.63) is 35.4 Å². The third-order valence-electron chi connectivity index (χ3n) is 1.86. The number of rotatable bonds is 4. The SMILES string of the molecule is O=C(O)/C=C/C(=O)Nc1ccc(S(=O)(=O)F)cc1Cl. The summed E-state index contributed by atoms with van der Waals surface area (Å²) >= 11 is 5.66. The molecule has 0 radical (unpaired) electrons. The molecule has 0 aliphatic rings. The van der Waals surface area contributed by atoms with Crippen molar-refractivity contribution in [3.8, 4) is 0 Å². The number of carbonyl (C=O) groups excluding carboxylic acids is 1. The maximum absolute atomic E-state index is 12.7. The van der Waals surface area contributed by atoms with E-state index in [1.165, 1.54) is 0 Å². The summed E-state index contributed by atoms with van der Waals surface area (Å²) in [5, 5.41) is 10.3. The zero-order valence-electron chi connectivity index (χ0n) is 9.13. The van der Waals surface area contributed by atoms with Gasteiger partial charge in [0.05, 0.1) is 10.7 Å². The van der Waals surface area contributed by atoms with Crippen LogP contribution < -0.4 is 5.32 Å². The summed E-state index contributed by atoms with van der Waals surface area (Å²) < 4.78 is 33.9. The maximum atomic E-state index is 12.7. The van der Waals surface area contributed by atoms with E-state index >= 15 is 0 Å². The van der Waals surface area contributed by atoms with Crippen LogP contribution in [0.15, 0.2) is 35.2 Å². The molecule has 2 N–H and O–H groups in total. The van der Waals surface area contributed by atoms with Gasteiger partial charge in [-0.2, -0.15) is 8.42 Å². The normalized spacial score (nSPS) is 11.5. The number of carboxylic acid groups (broad SMARTS) is 1. The highest BCUT2D eigenvalue weighted by atomic mass is 35.5. The first-order chi connectivity index (χ1) is 8.70. The molecule has 0 atom stereocenters. The molecule has 0 saturated heterocycles. The fraction of sp³-hybridized carbons (Fsp3) is 0. The van der Waals surface area contributed by atoms with E-state index in [2.05, 4.69) is 5.32 Å². The zero-order chi connectivity index (χ0) is 14.6. The molecule has 0 aliphatic carbocycles. The number of anilines is 1. The van der Waals surface area contributed by atoms with Gasteiger partial charge in [-0.1, -0.05) is 11.6 Å². The molecule has 1 aromatic rings. The molecule has 1 amide bonds. The van der Waals surface area contributed by atoms with Crippen LogP contribution in [0.4, 0.5) is 9.57 Å². The average molecular weight is 308 g/mol. The third-order valence-corrected chi connectivity index (χ3v) is 2.99. The Morgan fingerprint density at radius 2 is 1.95 bits per heavy atom. The number of halogens is 2. The largest absolute Gasteiger partial charge is 0.478 e. The molecule has 9 heteroatoms. The first kappa shape index (κ1) is 15.1. The number of benzene rings is 1. The van der Waals surface area contributed by atoms with Crippen LogP contribution in [0.5, 0.6) is 0 Å². The Bertz CT molecular complexity index is 656. The van der Waals surface area contributed by atoms with Crippen molar-refractivity contribution in [2.24, 2.45) is 0 Å². The van der Waals surface area contributed by atoms with Crippen molar-refractivity contribution in [1.82, 2.24) is 0 Å². The van der Waals surface area contributed by atoms with E-state index in [0.29, 0.717) is 6.08 Å². The molecular formula is C10H7ClFNO5S. The summed E-state index contributed by atoms with van der Waals surface area (Å²) in [7, 11) is -4.88. The second-order valence-corrected chi connectivity index (χ2v) is 4.99. The Hall–Kier alpha value is -1.93. The quantitative estimate of drug-likeness (QED) is 0.649. The lowest BCUT2D eigenvalue weighted by atomic mass is 10.3.